The van der Waals surface area contributed by atoms with Crippen molar-refractivity contribution in [2.75, 3.05) is 13.1 Å². The predicted molar refractivity (Wildman–Crippen MR) is 95.3 cm³/mol. The van der Waals surface area contributed by atoms with E-state index in [1.807, 2.05) is 42.5 Å². The Morgan fingerprint density at radius 3 is 2.85 bits per heavy atom. The van der Waals surface area contributed by atoms with Crippen molar-refractivity contribution in [3.63, 3.8) is 0 Å². The van der Waals surface area contributed by atoms with Crippen molar-refractivity contribution in [1.82, 2.24) is 15.2 Å². The van der Waals surface area contributed by atoms with Crippen LogP contribution < -0.4 is 10.1 Å². The zero-order valence-electron chi connectivity index (χ0n) is 14.4. The van der Waals surface area contributed by atoms with E-state index in [0.717, 1.165) is 17.9 Å². The fourth-order valence-electron chi connectivity index (χ4n) is 3.51. The van der Waals surface area contributed by atoms with Gasteiger partial charge >= 0.3 is 0 Å². The molecule has 26 heavy (non-hydrogen) atoms. The second-order valence-corrected chi connectivity index (χ2v) is 6.79. The molecule has 2 aliphatic heterocycles. The summed E-state index contributed by atoms with van der Waals surface area (Å²) < 4.78 is 5.84. The molecule has 1 N–H and O–H groups in total. The zero-order valence-corrected chi connectivity index (χ0v) is 14.4. The quantitative estimate of drug-likeness (QED) is 0.887. The third-order valence-electron chi connectivity index (χ3n) is 4.88. The molecule has 1 aromatic heterocycles. The number of likely N-dealkylation sites (tertiary alicyclic amines) is 1. The van der Waals surface area contributed by atoms with Crippen LogP contribution in [-0.4, -0.2) is 40.9 Å². The molecule has 2 aliphatic rings. The Bertz CT molecular complexity index is 784. The lowest BCUT2D eigenvalue weighted by Gasteiger charge is -2.17. The van der Waals surface area contributed by atoms with Gasteiger partial charge in [-0.3, -0.25) is 14.6 Å². The molecule has 1 aromatic carbocycles. The van der Waals surface area contributed by atoms with Gasteiger partial charge in [0.25, 0.3) is 0 Å². The molecule has 0 bridgehead atoms. The first-order chi connectivity index (χ1) is 12.7. The Morgan fingerprint density at radius 1 is 1.19 bits per heavy atom. The third-order valence-corrected chi connectivity index (χ3v) is 4.88. The summed E-state index contributed by atoms with van der Waals surface area (Å²) in [5.74, 6) is 0.501. The number of ether oxygens (including phenoxy) is 1. The van der Waals surface area contributed by atoms with Gasteiger partial charge in [-0.15, -0.1) is 0 Å². The number of pyridine rings is 1. The number of hydrogen-bond donors (Lipinski definition) is 1. The van der Waals surface area contributed by atoms with Crippen molar-refractivity contribution in [2.24, 2.45) is 5.92 Å². The van der Waals surface area contributed by atoms with E-state index in [4.69, 9.17) is 4.74 Å². The molecule has 0 saturated carbocycles. The molecular formula is C20H21N3O3. The second-order valence-electron chi connectivity index (χ2n) is 6.79. The molecular weight excluding hydrogens is 330 g/mol. The van der Waals surface area contributed by atoms with E-state index in [0.29, 0.717) is 19.6 Å². The maximum Gasteiger partial charge on any atom is 0.225 e. The lowest BCUT2D eigenvalue weighted by Crippen LogP contribution is -2.38. The van der Waals surface area contributed by atoms with Gasteiger partial charge in [0, 0.05) is 25.6 Å². The molecule has 0 spiro atoms. The molecule has 6 nitrogen and oxygen atoms in total. The van der Waals surface area contributed by atoms with E-state index < -0.39 is 0 Å². The SMILES string of the molecule is O=C(NC[C@H]1Cc2ccccc2O1)[C@@H]1CC(=O)N(Cc2ccccn2)C1. The molecule has 3 heterocycles. The highest BCUT2D eigenvalue weighted by atomic mass is 16.5. The molecule has 2 atom stereocenters. The van der Waals surface area contributed by atoms with Crippen LogP contribution in [0, 0.1) is 5.92 Å². The average molecular weight is 351 g/mol. The van der Waals surface area contributed by atoms with E-state index in [2.05, 4.69) is 10.3 Å². The minimum Gasteiger partial charge on any atom is -0.488 e. The lowest BCUT2D eigenvalue weighted by molar-refractivity contribution is -0.129. The molecule has 2 amide bonds. The van der Waals surface area contributed by atoms with Gasteiger partial charge in [-0.05, 0) is 23.8 Å². The highest BCUT2D eigenvalue weighted by Gasteiger charge is 2.35. The summed E-state index contributed by atoms with van der Waals surface area (Å²) in [4.78, 5) is 30.6. The molecule has 0 unspecified atom stereocenters. The maximum atomic E-state index is 12.5. The number of hydrogen-bond acceptors (Lipinski definition) is 4. The summed E-state index contributed by atoms with van der Waals surface area (Å²) >= 11 is 0. The van der Waals surface area contributed by atoms with Crippen LogP contribution in [0.4, 0.5) is 0 Å². The fourth-order valence-corrected chi connectivity index (χ4v) is 3.51. The second kappa shape index (κ2) is 7.15. The predicted octanol–water partition coefficient (Wildman–Crippen LogP) is 1.55. The Morgan fingerprint density at radius 2 is 2.04 bits per heavy atom. The molecule has 6 heteroatoms. The van der Waals surface area contributed by atoms with Crippen LogP contribution in [0.5, 0.6) is 5.75 Å². The highest BCUT2D eigenvalue weighted by molar-refractivity contribution is 5.89. The molecule has 2 aromatic rings. The van der Waals surface area contributed by atoms with Gasteiger partial charge in [-0.1, -0.05) is 24.3 Å². The van der Waals surface area contributed by atoms with Gasteiger partial charge in [-0.25, -0.2) is 0 Å². The Hall–Kier alpha value is -2.89. The van der Waals surface area contributed by atoms with Crippen LogP contribution in [0.3, 0.4) is 0 Å². The zero-order chi connectivity index (χ0) is 17.9. The van der Waals surface area contributed by atoms with Crippen molar-refractivity contribution in [1.29, 1.82) is 0 Å². The van der Waals surface area contributed by atoms with Crippen LogP contribution >= 0.6 is 0 Å². The van der Waals surface area contributed by atoms with E-state index >= 15 is 0 Å². The number of benzene rings is 1. The summed E-state index contributed by atoms with van der Waals surface area (Å²) in [6.07, 6.45) is 2.72. The molecule has 1 fully saturated rings. The number of para-hydroxylation sites is 1. The topological polar surface area (TPSA) is 71.5 Å². The van der Waals surface area contributed by atoms with Gasteiger partial charge < -0.3 is 15.0 Å². The number of fused-ring (bicyclic) bond motifs is 1. The number of carbonyl (C=O) groups is 2. The van der Waals surface area contributed by atoms with E-state index in [9.17, 15) is 9.59 Å². The largest absolute Gasteiger partial charge is 0.488 e. The summed E-state index contributed by atoms with van der Waals surface area (Å²) in [5.41, 5.74) is 2.00. The van der Waals surface area contributed by atoms with E-state index in [1.54, 1.807) is 11.1 Å². The number of rotatable bonds is 5. The first kappa shape index (κ1) is 16.6. The van der Waals surface area contributed by atoms with Crippen molar-refractivity contribution in [3.05, 3.63) is 59.9 Å². The van der Waals surface area contributed by atoms with E-state index in [1.165, 1.54) is 5.56 Å². The number of amides is 2. The summed E-state index contributed by atoms with van der Waals surface area (Å²) in [6.45, 7) is 1.34. The normalized spacial score (nSPS) is 21.4. The smallest absolute Gasteiger partial charge is 0.225 e. The first-order valence-electron chi connectivity index (χ1n) is 8.89. The van der Waals surface area contributed by atoms with Gasteiger partial charge in [0.2, 0.25) is 11.8 Å². The van der Waals surface area contributed by atoms with Crippen molar-refractivity contribution >= 4 is 11.8 Å². The minimum absolute atomic E-state index is 0.000301. The Balaban J connectivity index is 1.27. The van der Waals surface area contributed by atoms with Crippen LogP contribution in [0.1, 0.15) is 17.7 Å². The maximum absolute atomic E-state index is 12.5. The van der Waals surface area contributed by atoms with Crippen LogP contribution in [-0.2, 0) is 22.6 Å². The fraction of sp³-hybridized carbons (Fsp3) is 0.350. The number of nitrogens with zero attached hydrogens (tertiary/aromatic N) is 2. The molecule has 0 radical (unpaired) electrons. The Kier molecular flexibility index (Phi) is 4.56. The molecule has 0 aliphatic carbocycles. The van der Waals surface area contributed by atoms with Gasteiger partial charge in [0.15, 0.2) is 0 Å². The monoisotopic (exact) mass is 351 g/mol. The van der Waals surface area contributed by atoms with Gasteiger partial charge in [0.05, 0.1) is 24.7 Å². The van der Waals surface area contributed by atoms with E-state index in [-0.39, 0.29) is 30.3 Å². The van der Waals surface area contributed by atoms with Crippen LogP contribution in [0.2, 0.25) is 0 Å². The van der Waals surface area contributed by atoms with Gasteiger partial charge in [0.1, 0.15) is 11.9 Å². The van der Waals surface area contributed by atoms with Crippen LogP contribution in [0.15, 0.2) is 48.7 Å². The van der Waals surface area contributed by atoms with Crippen molar-refractivity contribution < 1.29 is 14.3 Å². The molecule has 134 valence electrons. The van der Waals surface area contributed by atoms with Crippen LogP contribution in [0.25, 0.3) is 0 Å². The minimum atomic E-state index is -0.310. The first-order valence-corrected chi connectivity index (χ1v) is 8.89. The summed E-state index contributed by atoms with van der Waals surface area (Å²) in [6, 6.07) is 13.5. The Labute approximate surface area is 152 Å². The summed E-state index contributed by atoms with van der Waals surface area (Å²) in [5, 5.41) is 2.95. The standard InChI is InChI=1S/C20H21N3O3/c24-19-10-15(12-23(19)13-16-6-3-4-8-21-16)20(25)22-11-17-9-14-5-1-2-7-18(14)26-17/h1-8,15,17H,9-13H2,(H,22,25)/t15-,17-/m1/s1. The average Bonchev–Trinajstić information content (AvgIpc) is 3.24. The van der Waals surface area contributed by atoms with Crippen molar-refractivity contribution in [3.8, 4) is 5.75 Å². The third kappa shape index (κ3) is 3.54. The highest BCUT2D eigenvalue weighted by Crippen LogP contribution is 2.28. The number of aromatic nitrogens is 1. The lowest BCUT2D eigenvalue weighted by atomic mass is 10.1. The summed E-state index contributed by atoms with van der Waals surface area (Å²) in [7, 11) is 0. The molecule has 4 rings (SSSR count). The molecule has 1 saturated heterocycles. The number of nitrogens with one attached hydrogen (secondary N) is 1. The van der Waals surface area contributed by atoms with Gasteiger partial charge in [-0.2, -0.15) is 0 Å². The van der Waals surface area contributed by atoms with Crippen molar-refractivity contribution in [2.45, 2.75) is 25.5 Å². The number of carbonyl (C=O) groups excluding carboxylic acids is 2.